The molecule has 1 aromatic heterocycles. The van der Waals surface area contributed by atoms with Crippen molar-refractivity contribution in [2.75, 3.05) is 17.7 Å². The maximum absolute atomic E-state index is 12.2. The number of nitrogens with one attached hydrogen (secondary N) is 2. The normalized spacial score (nSPS) is 10.1. The Morgan fingerprint density at radius 3 is 2.58 bits per heavy atom. The highest BCUT2D eigenvalue weighted by Gasteiger charge is 2.12. The molecule has 19 heavy (non-hydrogen) atoms. The Hall–Kier alpha value is -1.88. The third kappa shape index (κ3) is 3.32. The summed E-state index contributed by atoms with van der Waals surface area (Å²) in [6.07, 6.45) is 1.65. The van der Waals surface area contributed by atoms with E-state index in [1.807, 2.05) is 31.2 Å². The molecule has 4 nitrogen and oxygen atoms in total. The Labute approximate surface area is 120 Å². The number of nitrogens with zero attached hydrogens (tertiary/aromatic N) is 1. The summed E-state index contributed by atoms with van der Waals surface area (Å²) < 4.78 is 0.764. The highest BCUT2D eigenvalue weighted by molar-refractivity contribution is 9.10. The van der Waals surface area contributed by atoms with Gasteiger partial charge in [0.1, 0.15) is 5.82 Å². The summed E-state index contributed by atoms with van der Waals surface area (Å²) in [5.41, 5.74) is 2.41. The minimum absolute atomic E-state index is 0.193. The number of hydrogen-bond acceptors (Lipinski definition) is 3. The van der Waals surface area contributed by atoms with Crippen LogP contribution in [0.5, 0.6) is 0 Å². The van der Waals surface area contributed by atoms with E-state index in [1.54, 1.807) is 19.3 Å². The van der Waals surface area contributed by atoms with Gasteiger partial charge in [-0.05, 0) is 41.1 Å². The quantitative estimate of drug-likeness (QED) is 0.911. The van der Waals surface area contributed by atoms with Crippen LogP contribution in [0.1, 0.15) is 15.9 Å². The van der Waals surface area contributed by atoms with Gasteiger partial charge in [-0.2, -0.15) is 0 Å². The molecule has 5 heteroatoms. The van der Waals surface area contributed by atoms with Crippen LogP contribution >= 0.6 is 15.9 Å². The highest BCUT2D eigenvalue weighted by atomic mass is 79.9. The SMILES string of the molecule is CNc1ncc(Br)cc1C(=O)Nc1ccc(C)cc1. The Morgan fingerprint density at radius 2 is 1.95 bits per heavy atom. The topological polar surface area (TPSA) is 54.0 Å². The number of aryl methyl sites for hydroxylation is 1. The number of amides is 1. The Kier molecular flexibility index (Phi) is 4.16. The van der Waals surface area contributed by atoms with Crippen LogP contribution in [0.3, 0.4) is 0 Å². The van der Waals surface area contributed by atoms with Crippen molar-refractivity contribution in [1.82, 2.24) is 4.98 Å². The van der Waals surface area contributed by atoms with E-state index in [0.29, 0.717) is 11.4 Å². The molecule has 0 aliphatic carbocycles. The van der Waals surface area contributed by atoms with Gasteiger partial charge < -0.3 is 10.6 Å². The van der Waals surface area contributed by atoms with Crippen LogP contribution in [-0.4, -0.2) is 17.9 Å². The van der Waals surface area contributed by atoms with E-state index >= 15 is 0 Å². The van der Waals surface area contributed by atoms with Crippen LogP contribution in [0.15, 0.2) is 41.0 Å². The van der Waals surface area contributed by atoms with Gasteiger partial charge in [0.25, 0.3) is 5.91 Å². The summed E-state index contributed by atoms with van der Waals surface area (Å²) in [5, 5.41) is 5.75. The Balaban J connectivity index is 2.24. The van der Waals surface area contributed by atoms with Gasteiger partial charge in [-0.3, -0.25) is 4.79 Å². The standard InChI is InChI=1S/C14H14BrN3O/c1-9-3-5-11(6-4-9)18-14(19)12-7-10(15)8-17-13(12)16-2/h3-8H,1-2H3,(H,16,17)(H,18,19). The molecule has 0 bridgehead atoms. The Bertz CT molecular complexity index is 596. The number of benzene rings is 1. The van der Waals surface area contributed by atoms with E-state index in [1.165, 1.54) is 0 Å². The van der Waals surface area contributed by atoms with E-state index in [-0.39, 0.29) is 5.91 Å². The van der Waals surface area contributed by atoms with Crippen molar-refractivity contribution in [2.24, 2.45) is 0 Å². The van der Waals surface area contributed by atoms with Crippen molar-refractivity contribution in [1.29, 1.82) is 0 Å². The largest absolute Gasteiger partial charge is 0.372 e. The highest BCUT2D eigenvalue weighted by Crippen LogP contribution is 2.19. The molecule has 0 radical (unpaired) electrons. The first-order valence-corrected chi connectivity index (χ1v) is 6.61. The molecule has 0 fully saturated rings. The fraction of sp³-hybridized carbons (Fsp3) is 0.143. The lowest BCUT2D eigenvalue weighted by atomic mass is 10.2. The van der Waals surface area contributed by atoms with Crippen LogP contribution in [-0.2, 0) is 0 Å². The average Bonchev–Trinajstić information content (AvgIpc) is 2.41. The van der Waals surface area contributed by atoms with Crippen molar-refractivity contribution in [2.45, 2.75) is 6.92 Å². The second-order valence-corrected chi connectivity index (χ2v) is 5.04. The maximum atomic E-state index is 12.2. The minimum Gasteiger partial charge on any atom is -0.372 e. The number of pyridine rings is 1. The first kappa shape index (κ1) is 13.5. The zero-order valence-corrected chi connectivity index (χ0v) is 12.3. The van der Waals surface area contributed by atoms with Crippen molar-refractivity contribution in [3.05, 3.63) is 52.1 Å². The lowest BCUT2D eigenvalue weighted by Gasteiger charge is -2.09. The van der Waals surface area contributed by atoms with E-state index in [4.69, 9.17) is 0 Å². The van der Waals surface area contributed by atoms with E-state index in [2.05, 4.69) is 31.5 Å². The predicted octanol–water partition coefficient (Wildman–Crippen LogP) is 3.45. The van der Waals surface area contributed by atoms with Gasteiger partial charge in [-0.25, -0.2) is 4.98 Å². The average molecular weight is 320 g/mol. The predicted molar refractivity (Wildman–Crippen MR) is 80.6 cm³/mol. The van der Waals surface area contributed by atoms with Gasteiger partial charge >= 0.3 is 0 Å². The summed E-state index contributed by atoms with van der Waals surface area (Å²) in [6, 6.07) is 9.39. The molecule has 0 saturated carbocycles. The van der Waals surface area contributed by atoms with Gasteiger partial charge in [0.15, 0.2) is 0 Å². The fourth-order valence-corrected chi connectivity index (χ4v) is 1.98. The molecule has 0 aliphatic heterocycles. The lowest BCUT2D eigenvalue weighted by molar-refractivity contribution is 0.102. The summed E-state index contributed by atoms with van der Waals surface area (Å²) >= 11 is 3.32. The van der Waals surface area contributed by atoms with E-state index in [9.17, 15) is 4.79 Å². The Morgan fingerprint density at radius 1 is 1.26 bits per heavy atom. The van der Waals surface area contributed by atoms with Crippen molar-refractivity contribution < 1.29 is 4.79 Å². The van der Waals surface area contributed by atoms with Crippen molar-refractivity contribution >= 4 is 33.3 Å². The summed E-state index contributed by atoms with van der Waals surface area (Å²) in [6.45, 7) is 2.00. The molecule has 1 amide bonds. The van der Waals surface area contributed by atoms with Gasteiger partial charge in [0.05, 0.1) is 5.56 Å². The summed E-state index contributed by atoms with van der Waals surface area (Å²) in [7, 11) is 1.74. The van der Waals surface area contributed by atoms with E-state index < -0.39 is 0 Å². The molecule has 1 aromatic carbocycles. The van der Waals surface area contributed by atoms with Crippen LogP contribution < -0.4 is 10.6 Å². The molecule has 1 heterocycles. The fourth-order valence-electron chi connectivity index (χ4n) is 1.65. The molecule has 2 N–H and O–H groups in total. The molecule has 0 atom stereocenters. The number of halogens is 1. The van der Waals surface area contributed by atoms with E-state index in [0.717, 1.165) is 15.7 Å². The van der Waals surface area contributed by atoms with Crippen LogP contribution in [0.4, 0.5) is 11.5 Å². The van der Waals surface area contributed by atoms with Crippen molar-refractivity contribution in [3.8, 4) is 0 Å². The third-order valence-corrected chi connectivity index (χ3v) is 3.08. The zero-order valence-electron chi connectivity index (χ0n) is 10.7. The molecular formula is C14H14BrN3O. The smallest absolute Gasteiger partial charge is 0.259 e. The zero-order chi connectivity index (χ0) is 13.8. The molecule has 0 unspecified atom stereocenters. The summed E-state index contributed by atoms with van der Waals surface area (Å²) in [4.78, 5) is 16.4. The summed E-state index contributed by atoms with van der Waals surface area (Å²) in [5.74, 6) is 0.356. The molecule has 98 valence electrons. The van der Waals surface area contributed by atoms with Crippen LogP contribution in [0.25, 0.3) is 0 Å². The molecular weight excluding hydrogens is 306 g/mol. The molecule has 2 aromatic rings. The molecule has 0 aliphatic rings. The second-order valence-electron chi connectivity index (χ2n) is 4.12. The maximum Gasteiger partial charge on any atom is 0.259 e. The van der Waals surface area contributed by atoms with Gasteiger partial charge in [-0.1, -0.05) is 17.7 Å². The lowest BCUT2D eigenvalue weighted by Crippen LogP contribution is -2.14. The number of aromatic nitrogens is 1. The van der Waals surface area contributed by atoms with Gasteiger partial charge in [0, 0.05) is 23.4 Å². The number of anilines is 2. The molecule has 0 saturated heterocycles. The van der Waals surface area contributed by atoms with Crippen LogP contribution in [0, 0.1) is 6.92 Å². The number of carbonyl (C=O) groups excluding carboxylic acids is 1. The first-order chi connectivity index (χ1) is 9.10. The van der Waals surface area contributed by atoms with Crippen LogP contribution in [0.2, 0.25) is 0 Å². The number of hydrogen-bond donors (Lipinski definition) is 2. The monoisotopic (exact) mass is 319 g/mol. The molecule has 0 spiro atoms. The number of rotatable bonds is 3. The third-order valence-electron chi connectivity index (χ3n) is 2.65. The number of carbonyl (C=O) groups is 1. The van der Waals surface area contributed by atoms with Gasteiger partial charge in [-0.15, -0.1) is 0 Å². The minimum atomic E-state index is -0.193. The second kappa shape index (κ2) is 5.84. The first-order valence-electron chi connectivity index (χ1n) is 5.81. The molecule has 2 rings (SSSR count). The van der Waals surface area contributed by atoms with Crippen molar-refractivity contribution in [3.63, 3.8) is 0 Å². The van der Waals surface area contributed by atoms with Gasteiger partial charge in [0.2, 0.25) is 0 Å².